The van der Waals surface area contributed by atoms with Crippen molar-refractivity contribution >= 4 is 38.7 Å². The van der Waals surface area contributed by atoms with E-state index in [2.05, 4.69) is 28.7 Å². The third-order valence-electron chi connectivity index (χ3n) is 4.63. The predicted molar refractivity (Wildman–Crippen MR) is 102 cm³/mol. The van der Waals surface area contributed by atoms with Crippen LogP contribution in [0.5, 0.6) is 0 Å². The molecule has 1 N–H and O–H groups in total. The minimum Gasteiger partial charge on any atom is -0.395 e. The summed E-state index contributed by atoms with van der Waals surface area (Å²) in [6.07, 6.45) is 4.81. The Labute approximate surface area is 149 Å². The first kappa shape index (κ1) is 16.0. The normalized spacial score (nSPS) is 14.1. The Balaban J connectivity index is 1.96. The third-order valence-corrected chi connectivity index (χ3v) is 6.50. The molecule has 3 aromatic rings. The Morgan fingerprint density at radius 1 is 1.25 bits per heavy atom. The highest BCUT2D eigenvalue weighted by Gasteiger charge is 2.23. The van der Waals surface area contributed by atoms with E-state index in [1.807, 2.05) is 11.3 Å². The lowest BCUT2D eigenvalue weighted by atomic mass is 9.97. The van der Waals surface area contributed by atoms with Gasteiger partial charge in [-0.3, -0.25) is 0 Å². The molecule has 4 nitrogen and oxygen atoms in total. The number of hydrogen-bond donors (Lipinski definition) is 1. The monoisotopic (exact) mass is 359 g/mol. The number of aliphatic hydroxyl groups is 1. The molecule has 0 saturated carbocycles. The molecule has 0 radical (unpaired) electrons. The molecule has 0 bridgehead atoms. The summed E-state index contributed by atoms with van der Waals surface area (Å²) in [6, 6.07) is 2.07. The smallest absolute Gasteiger partial charge is 0.163 e. The van der Waals surface area contributed by atoms with Crippen molar-refractivity contribution in [2.75, 3.05) is 24.6 Å². The number of hydrogen-bond acceptors (Lipinski definition) is 6. The van der Waals surface area contributed by atoms with Crippen LogP contribution in [0, 0.1) is 0 Å². The second kappa shape index (κ2) is 6.78. The van der Waals surface area contributed by atoms with Crippen LogP contribution in [0.4, 0.5) is 5.82 Å². The molecule has 0 fully saturated rings. The third kappa shape index (κ3) is 2.72. The van der Waals surface area contributed by atoms with Gasteiger partial charge < -0.3 is 10.0 Å². The Morgan fingerprint density at radius 2 is 2.12 bits per heavy atom. The fourth-order valence-corrected chi connectivity index (χ4v) is 5.31. The van der Waals surface area contributed by atoms with Crippen molar-refractivity contribution in [1.29, 1.82) is 0 Å². The maximum absolute atomic E-state index is 9.46. The number of aromatic nitrogens is 2. The van der Waals surface area contributed by atoms with Crippen LogP contribution in [0.15, 0.2) is 16.8 Å². The molecule has 1 aliphatic rings. The minimum atomic E-state index is 0.138. The van der Waals surface area contributed by atoms with Gasteiger partial charge >= 0.3 is 0 Å². The molecule has 126 valence electrons. The molecule has 0 aliphatic heterocycles. The molecule has 0 atom stereocenters. The molecule has 0 amide bonds. The van der Waals surface area contributed by atoms with E-state index >= 15 is 0 Å². The number of likely N-dealkylation sites (N-methyl/N-ethyl adjacent to an activating group) is 1. The highest BCUT2D eigenvalue weighted by Crippen LogP contribution is 2.40. The zero-order valence-corrected chi connectivity index (χ0v) is 15.4. The molecule has 0 aromatic carbocycles. The second-order valence-corrected chi connectivity index (χ2v) is 7.94. The van der Waals surface area contributed by atoms with Gasteiger partial charge in [-0.1, -0.05) is 0 Å². The summed E-state index contributed by atoms with van der Waals surface area (Å²) < 4.78 is 0. The van der Waals surface area contributed by atoms with Crippen molar-refractivity contribution in [3.63, 3.8) is 0 Å². The highest BCUT2D eigenvalue weighted by molar-refractivity contribution is 7.19. The van der Waals surface area contributed by atoms with Crippen molar-refractivity contribution in [1.82, 2.24) is 9.97 Å². The standard InChI is InChI=1S/C18H21N3OS2/c1-2-21(8-9-22)17-15-13-5-3-4-6-14(13)24-18(15)20-16(19-17)12-7-10-23-11-12/h7,10-11,22H,2-6,8-9H2,1H3. The van der Waals surface area contributed by atoms with Crippen LogP contribution < -0.4 is 4.90 Å². The molecule has 4 rings (SSSR count). The van der Waals surface area contributed by atoms with Crippen LogP contribution in [0.1, 0.15) is 30.2 Å². The molecule has 0 saturated heterocycles. The van der Waals surface area contributed by atoms with E-state index in [1.165, 1.54) is 28.7 Å². The quantitative estimate of drug-likeness (QED) is 0.744. The average Bonchev–Trinajstić information content (AvgIpc) is 3.26. The summed E-state index contributed by atoms with van der Waals surface area (Å²) >= 11 is 3.50. The predicted octanol–water partition coefficient (Wildman–Crippen LogP) is 4.12. The number of anilines is 1. The van der Waals surface area contributed by atoms with Gasteiger partial charge in [0, 0.05) is 28.9 Å². The van der Waals surface area contributed by atoms with Gasteiger partial charge in [0.15, 0.2) is 5.82 Å². The Hall–Kier alpha value is -1.50. The summed E-state index contributed by atoms with van der Waals surface area (Å²) in [5.41, 5.74) is 2.53. The lowest BCUT2D eigenvalue weighted by Crippen LogP contribution is -2.27. The van der Waals surface area contributed by atoms with Crippen LogP contribution in [0.2, 0.25) is 0 Å². The SMILES string of the molecule is CCN(CCO)c1nc(-c2ccsc2)nc2sc3c(c12)CCCC3. The van der Waals surface area contributed by atoms with Gasteiger partial charge in [0.25, 0.3) is 0 Å². The highest BCUT2D eigenvalue weighted by atomic mass is 32.1. The molecule has 0 unspecified atom stereocenters. The van der Waals surface area contributed by atoms with Crippen molar-refractivity contribution < 1.29 is 5.11 Å². The van der Waals surface area contributed by atoms with E-state index in [0.717, 1.165) is 41.4 Å². The van der Waals surface area contributed by atoms with E-state index in [0.29, 0.717) is 6.54 Å². The summed E-state index contributed by atoms with van der Waals surface area (Å²) in [7, 11) is 0. The Morgan fingerprint density at radius 3 is 2.88 bits per heavy atom. The van der Waals surface area contributed by atoms with Gasteiger partial charge in [-0.05, 0) is 49.6 Å². The number of aliphatic hydroxyl groups excluding tert-OH is 1. The van der Waals surface area contributed by atoms with Crippen molar-refractivity contribution in [2.45, 2.75) is 32.6 Å². The van der Waals surface area contributed by atoms with Gasteiger partial charge in [0.2, 0.25) is 0 Å². The molecular weight excluding hydrogens is 338 g/mol. The lowest BCUT2D eigenvalue weighted by Gasteiger charge is -2.23. The Kier molecular flexibility index (Phi) is 4.52. The molecular formula is C18H21N3OS2. The number of nitrogens with zero attached hydrogens (tertiary/aromatic N) is 3. The fraction of sp³-hybridized carbons (Fsp3) is 0.444. The molecule has 6 heteroatoms. The van der Waals surface area contributed by atoms with Crippen LogP contribution in [-0.2, 0) is 12.8 Å². The van der Waals surface area contributed by atoms with Crippen LogP contribution in [0.3, 0.4) is 0 Å². The molecule has 24 heavy (non-hydrogen) atoms. The van der Waals surface area contributed by atoms with E-state index in [1.54, 1.807) is 11.3 Å². The number of fused-ring (bicyclic) bond motifs is 3. The summed E-state index contributed by atoms with van der Waals surface area (Å²) in [6.45, 7) is 3.70. The first-order valence-corrected chi connectivity index (χ1v) is 10.3. The van der Waals surface area contributed by atoms with Crippen LogP contribution >= 0.6 is 22.7 Å². The van der Waals surface area contributed by atoms with E-state index in [9.17, 15) is 5.11 Å². The minimum absolute atomic E-state index is 0.138. The molecule has 1 aliphatic carbocycles. The largest absolute Gasteiger partial charge is 0.395 e. The summed E-state index contributed by atoms with van der Waals surface area (Å²) in [4.78, 5) is 14.6. The number of thiophene rings is 2. The molecule has 3 aromatic heterocycles. The van der Waals surface area contributed by atoms with E-state index < -0.39 is 0 Å². The second-order valence-electron chi connectivity index (χ2n) is 6.08. The van der Waals surface area contributed by atoms with Crippen LogP contribution in [0.25, 0.3) is 21.6 Å². The van der Waals surface area contributed by atoms with Crippen molar-refractivity contribution in [3.8, 4) is 11.4 Å². The van der Waals surface area contributed by atoms with Gasteiger partial charge in [0.05, 0.1) is 12.0 Å². The zero-order valence-electron chi connectivity index (χ0n) is 13.8. The lowest BCUT2D eigenvalue weighted by molar-refractivity contribution is 0.302. The van der Waals surface area contributed by atoms with Gasteiger partial charge in [-0.25, -0.2) is 9.97 Å². The summed E-state index contributed by atoms with van der Waals surface area (Å²) in [5, 5.41) is 14.8. The average molecular weight is 360 g/mol. The number of aryl methyl sites for hydroxylation is 2. The van der Waals surface area contributed by atoms with Crippen molar-refractivity contribution in [3.05, 3.63) is 27.3 Å². The van der Waals surface area contributed by atoms with Gasteiger partial charge in [0.1, 0.15) is 10.6 Å². The molecule has 0 spiro atoms. The van der Waals surface area contributed by atoms with Gasteiger partial charge in [-0.15, -0.1) is 11.3 Å². The van der Waals surface area contributed by atoms with Crippen molar-refractivity contribution in [2.24, 2.45) is 0 Å². The van der Waals surface area contributed by atoms with E-state index in [4.69, 9.17) is 9.97 Å². The van der Waals surface area contributed by atoms with Gasteiger partial charge in [-0.2, -0.15) is 11.3 Å². The topological polar surface area (TPSA) is 49.2 Å². The fourth-order valence-electron chi connectivity index (χ4n) is 3.42. The maximum atomic E-state index is 9.46. The first-order chi connectivity index (χ1) is 11.8. The number of rotatable bonds is 5. The Bertz CT molecular complexity index is 842. The summed E-state index contributed by atoms with van der Waals surface area (Å²) in [5.74, 6) is 1.80. The van der Waals surface area contributed by atoms with E-state index in [-0.39, 0.29) is 6.61 Å². The van der Waals surface area contributed by atoms with Crippen LogP contribution in [-0.4, -0.2) is 34.8 Å². The maximum Gasteiger partial charge on any atom is 0.163 e. The molecule has 3 heterocycles. The first-order valence-electron chi connectivity index (χ1n) is 8.52. The zero-order chi connectivity index (χ0) is 16.5.